The van der Waals surface area contributed by atoms with Crippen LogP contribution >= 0.6 is 0 Å². The van der Waals surface area contributed by atoms with Crippen LogP contribution in [-0.2, 0) is 11.3 Å². The Morgan fingerprint density at radius 3 is 2.44 bits per heavy atom. The van der Waals surface area contributed by atoms with E-state index in [1.54, 1.807) is 24.3 Å². The minimum absolute atomic E-state index is 0.00241. The Morgan fingerprint density at radius 1 is 1.11 bits per heavy atom. The molecule has 27 heavy (non-hydrogen) atoms. The first-order valence-electron chi connectivity index (χ1n) is 9.15. The fourth-order valence-corrected chi connectivity index (χ4v) is 3.55. The molecular formula is C21H26FN3O2. The molecule has 0 spiro atoms. The molecule has 144 valence electrons. The third kappa shape index (κ3) is 4.84. The van der Waals surface area contributed by atoms with Crippen LogP contribution in [0.25, 0.3) is 0 Å². The van der Waals surface area contributed by atoms with Gasteiger partial charge in [-0.1, -0.05) is 24.3 Å². The normalized spacial score (nSPS) is 16.5. The number of carbonyl (C=O) groups is 1. The molecular weight excluding hydrogens is 345 g/mol. The van der Waals surface area contributed by atoms with Gasteiger partial charge in [-0.2, -0.15) is 0 Å². The molecule has 0 radical (unpaired) electrons. The molecule has 1 saturated heterocycles. The van der Waals surface area contributed by atoms with Crippen molar-refractivity contribution in [2.75, 3.05) is 40.3 Å². The zero-order valence-corrected chi connectivity index (χ0v) is 15.8. The second-order valence-electron chi connectivity index (χ2n) is 7.19. The molecule has 0 aliphatic carbocycles. The van der Waals surface area contributed by atoms with Crippen LogP contribution < -0.4 is 0 Å². The summed E-state index contributed by atoms with van der Waals surface area (Å²) in [6.45, 7) is 3.56. The standard InChI is InChI=1S/C21H26FN3O2/c1-23(2)20(17-6-4-7-18(22)14-17)21(27)25-11-9-24(10-12-25)15-16-5-3-8-19(26)13-16/h3-8,13-14,20,26H,9-12,15H2,1-2H3/t20-/m1/s1. The zero-order valence-electron chi connectivity index (χ0n) is 15.8. The molecule has 1 amide bonds. The Labute approximate surface area is 159 Å². The summed E-state index contributed by atoms with van der Waals surface area (Å²) in [6.07, 6.45) is 0. The molecule has 6 heteroatoms. The fourth-order valence-electron chi connectivity index (χ4n) is 3.55. The maximum atomic E-state index is 13.6. The first-order valence-corrected chi connectivity index (χ1v) is 9.15. The number of benzene rings is 2. The molecule has 1 heterocycles. The number of hydrogen-bond acceptors (Lipinski definition) is 4. The number of carbonyl (C=O) groups excluding carboxylic acids is 1. The highest BCUT2D eigenvalue weighted by atomic mass is 19.1. The number of piperazine rings is 1. The third-order valence-corrected chi connectivity index (χ3v) is 4.92. The predicted octanol–water partition coefficient (Wildman–Crippen LogP) is 2.48. The number of rotatable bonds is 5. The Kier molecular flexibility index (Phi) is 6.08. The maximum Gasteiger partial charge on any atom is 0.244 e. The van der Waals surface area contributed by atoms with E-state index in [4.69, 9.17) is 0 Å². The number of hydrogen-bond donors (Lipinski definition) is 1. The molecule has 1 N–H and O–H groups in total. The summed E-state index contributed by atoms with van der Waals surface area (Å²) in [6, 6.07) is 13.0. The lowest BCUT2D eigenvalue weighted by Crippen LogP contribution is -2.51. The van der Waals surface area contributed by atoms with Crippen molar-refractivity contribution in [1.29, 1.82) is 0 Å². The number of nitrogens with zero attached hydrogens (tertiary/aromatic N) is 3. The minimum atomic E-state index is -0.488. The van der Waals surface area contributed by atoms with E-state index in [9.17, 15) is 14.3 Å². The Hall–Kier alpha value is -2.44. The van der Waals surface area contributed by atoms with Crippen LogP contribution in [0.3, 0.4) is 0 Å². The van der Waals surface area contributed by atoms with Gasteiger partial charge in [0.1, 0.15) is 17.6 Å². The van der Waals surface area contributed by atoms with Gasteiger partial charge in [0.15, 0.2) is 0 Å². The average molecular weight is 371 g/mol. The topological polar surface area (TPSA) is 47.0 Å². The first-order chi connectivity index (χ1) is 12.9. The molecule has 1 atom stereocenters. The van der Waals surface area contributed by atoms with E-state index >= 15 is 0 Å². The fraction of sp³-hybridized carbons (Fsp3) is 0.381. The SMILES string of the molecule is CN(C)[C@@H](C(=O)N1CCN(Cc2cccc(O)c2)CC1)c1cccc(F)c1. The lowest BCUT2D eigenvalue weighted by molar-refractivity contribution is -0.138. The van der Waals surface area contributed by atoms with Gasteiger partial charge >= 0.3 is 0 Å². The number of phenols is 1. The van der Waals surface area contributed by atoms with Crippen molar-refractivity contribution in [2.24, 2.45) is 0 Å². The summed E-state index contributed by atoms with van der Waals surface area (Å²) in [5, 5.41) is 9.60. The van der Waals surface area contributed by atoms with E-state index in [-0.39, 0.29) is 17.5 Å². The zero-order chi connectivity index (χ0) is 19.4. The van der Waals surface area contributed by atoms with Crippen molar-refractivity contribution in [3.05, 3.63) is 65.5 Å². The quantitative estimate of drug-likeness (QED) is 0.877. The Balaban J connectivity index is 1.63. The number of aromatic hydroxyl groups is 1. The van der Waals surface area contributed by atoms with E-state index in [0.29, 0.717) is 18.7 Å². The van der Waals surface area contributed by atoms with E-state index in [1.165, 1.54) is 12.1 Å². The van der Waals surface area contributed by atoms with Gasteiger partial charge in [-0.3, -0.25) is 14.6 Å². The average Bonchev–Trinajstić information content (AvgIpc) is 2.62. The maximum absolute atomic E-state index is 13.6. The molecule has 1 fully saturated rings. The molecule has 3 rings (SSSR count). The molecule has 1 aliphatic heterocycles. The van der Waals surface area contributed by atoms with Crippen molar-refractivity contribution in [2.45, 2.75) is 12.6 Å². The second kappa shape index (κ2) is 8.50. The van der Waals surface area contributed by atoms with E-state index in [1.807, 2.05) is 36.0 Å². The molecule has 0 unspecified atom stereocenters. The van der Waals surface area contributed by atoms with Crippen LogP contribution in [0.1, 0.15) is 17.2 Å². The predicted molar refractivity (Wildman–Crippen MR) is 103 cm³/mol. The summed E-state index contributed by atoms with van der Waals surface area (Å²) in [7, 11) is 3.68. The van der Waals surface area contributed by atoms with Crippen molar-refractivity contribution < 1.29 is 14.3 Å². The van der Waals surface area contributed by atoms with Gasteiger partial charge in [0.05, 0.1) is 0 Å². The molecule has 0 aromatic heterocycles. The molecule has 1 aliphatic rings. The molecule has 0 bridgehead atoms. The minimum Gasteiger partial charge on any atom is -0.508 e. The van der Waals surface area contributed by atoms with Crippen LogP contribution in [0.5, 0.6) is 5.75 Å². The van der Waals surface area contributed by atoms with Crippen LogP contribution in [0.4, 0.5) is 4.39 Å². The van der Waals surface area contributed by atoms with E-state index in [0.717, 1.165) is 25.2 Å². The smallest absolute Gasteiger partial charge is 0.244 e. The van der Waals surface area contributed by atoms with Gasteiger partial charge in [0.2, 0.25) is 5.91 Å². The molecule has 5 nitrogen and oxygen atoms in total. The highest BCUT2D eigenvalue weighted by molar-refractivity contribution is 5.83. The van der Waals surface area contributed by atoms with Gasteiger partial charge in [-0.05, 0) is 49.5 Å². The lowest BCUT2D eigenvalue weighted by Gasteiger charge is -2.37. The Bertz CT molecular complexity index is 789. The molecule has 0 saturated carbocycles. The van der Waals surface area contributed by atoms with E-state index < -0.39 is 6.04 Å². The third-order valence-electron chi connectivity index (χ3n) is 4.92. The van der Waals surface area contributed by atoms with Gasteiger partial charge in [-0.25, -0.2) is 4.39 Å². The van der Waals surface area contributed by atoms with Crippen molar-refractivity contribution in [1.82, 2.24) is 14.7 Å². The monoisotopic (exact) mass is 371 g/mol. The highest BCUT2D eigenvalue weighted by Crippen LogP contribution is 2.23. The summed E-state index contributed by atoms with van der Waals surface area (Å²) in [5.74, 6) is -0.0593. The van der Waals surface area contributed by atoms with Crippen LogP contribution in [-0.4, -0.2) is 66.0 Å². The van der Waals surface area contributed by atoms with Crippen LogP contribution in [0, 0.1) is 5.82 Å². The first kappa shape index (κ1) is 19.3. The van der Waals surface area contributed by atoms with Crippen LogP contribution in [0.15, 0.2) is 48.5 Å². The number of likely N-dealkylation sites (N-methyl/N-ethyl adjacent to an activating group) is 1. The Morgan fingerprint density at radius 2 is 1.81 bits per heavy atom. The van der Waals surface area contributed by atoms with E-state index in [2.05, 4.69) is 4.90 Å². The number of amides is 1. The van der Waals surface area contributed by atoms with Gasteiger partial charge in [-0.15, -0.1) is 0 Å². The summed E-state index contributed by atoms with van der Waals surface area (Å²) < 4.78 is 13.6. The van der Waals surface area contributed by atoms with Gasteiger partial charge in [0.25, 0.3) is 0 Å². The number of halogens is 1. The summed E-state index contributed by atoms with van der Waals surface area (Å²) in [5.41, 5.74) is 1.73. The van der Waals surface area contributed by atoms with Crippen molar-refractivity contribution >= 4 is 5.91 Å². The van der Waals surface area contributed by atoms with Crippen molar-refractivity contribution in [3.8, 4) is 5.75 Å². The summed E-state index contributed by atoms with van der Waals surface area (Å²) in [4.78, 5) is 19.0. The summed E-state index contributed by atoms with van der Waals surface area (Å²) >= 11 is 0. The number of phenolic OH excluding ortho intramolecular Hbond substituents is 1. The molecule has 2 aromatic rings. The largest absolute Gasteiger partial charge is 0.508 e. The van der Waals surface area contributed by atoms with Crippen LogP contribution in [0.2, 0.25) is 0 Å². The van der Waals surface area contributed by atoms with Crippen molar-refractivity contribution in [3.63, 3.8) is 0 Å². The van der Waals surface area contributed by atoms with Gasteiger partial charge in [0, 0.05) is 32.7 Å². The molecule has 2 aromatic carbocycles. The van der Waals surface area contributed by atoms with Gasteiger partial charge < -0.3 is 10.0 Å². The second-order valence-corrected chi connectivity index (χ2v) is 7.19. The lowest BCUT2D eigenvalue weighted by atomic mass is 10.0. The highest BCUT2D eigenvalue weighted by Gasteiger charge is 2.30.